The number of hydrogen-bond donors (Lipinski definition) is 0. The minimum absolute atomic E-state index is 0.283. The highest BCUT2D eigenvalue weighted by Gasteiger charge is 2.21. The zero-order valence-corrected chi connectivity index (χ0v) is 16.7. The van der Waals surface area contributed by atoms with E-state index in [0.717, 1.165) is 42.4 Å². The maximum atomic E-state index is 12.0. The normalized spacial score (nSPS) is 15.9. The van der Waals surface area contributed by atoms with E-state index >= 15 is 0 Å². The Morgan fingerprint density at radius 3 is 2.64 bits per heavy atom. The Morgan fingerprint density at radius 2 is 1.89 bits per heavy atom. The van der Waals surface area contributed by atoms with Crippen LogP contribution in [-0.2, 0) is 17.9 Å². The summed E-state index contributed by atoms with van der Waals surface area (Å²) in [7, 11) is 0. The first-order chi connectivity index (χ1) is 13.6. The Kier molecular flexibility index (Phi) is 5.81. The minimum Gasteiger partial charge on any atom is -0.423 e. The number of aryl methyl sites for hydroxylation is 1. The molecule has 0 saturated carbocycles. The first-order valence-electron chi connectivity index (χ1n) is 9.69. The molecular formula is C23H24ClNO3. The highest BCUT2D eigenvalue weighted by molar-refractivity contribution is 6.32. The molecule has 2 aromatic carbocycles. The van der Waals surface area contributed by atoms with Gasteiger partial charge in [0.25, 0.3) is 0 Å². The molecule has 146 valence electrons. The number of nitrogens with zero attached hydrogens (tertiary/aromatic N) is 1. The van der Waals surface area contributed by atoms with Crippen molar-refractivity contribution in [2.24, 2.45) is 0 Å². The largest absolute Gasteiger partial charge is 0.423 e. The third-order valence-electron chi connectivity index (χ3n) is 5.37. The predicted octanol–water partition coefficient (Wildman–Crippen LogP) is 4.94. The van der Waals surface area contributed by atoms with E-state index in [4.69, 9.17) is 20.8 Å². The van der Waals surface area contributed by atoms with E-state index in [1.165, 1.54) is 5.56 Å². The van der Waals surface area contributed by atoms with E-state index in [0.29, 0.717) is 23.8 Å². The van der Waals surface area contributed by atoms with Gasteiger partial charge in [0.05, 0.1) is 12.7 Å². The Balaban J connectivity index is 1.40. The fraction of sp³-hybridized carbons (Fsp3) is 0.348. The van der Waals surface area contributed by atoms with Gasteiger partial charge >= 0.3 is 5.63 Å². The van der Waals surface area contributed by atoms with Crippen molar-refractivity contribution in [2.45, 2.75) is 39.0 Å². The molecular weight excluding hydrogens is 374 g/mol. The van der Waals surface area contributed by atoms with Gasteiger partial charge in [-0.1, -0.05) is 41.9 Å². The van der Waals surface area contributed by atoms with Crippen molar-refractivity contribution in [3.63, 3.8) is 0 Å². The van der Waals surface area contributed by atoms with E-state index in [-0.39, 0.29) is 11.7 Å². The van der Waals surface area contributed by atoms with Crippen molar-refractivity contribution in [1.29, 1.82) is 0 Å². The third-order valence-corrected chi connectivity index (χ3v) is 5.77. The fourth-order valence-electron chi connectivity index (χ4n) is 3.74. The number of piperidine rings is 1. The van der Waals surface area contributed by atoms with Crippen LogP contribution >= 0.6 is 11.6 Å². The van der Waals surface area contributed by atoms with E-state index in [2.05, 4.69) is 17.0 Å². The summed E-state index contributed by atoms with van der Waals surface area (Å²) >= 11 is 6.30. The maximum absolute atomic E-state index is 12.0. The lowest BCUT2D eigenvalue weighted by atomic mass is 10.0. The molecule has 0 aliphatic carbocycles. The van der Waals surface area contributed by atoms with Crippen LogP contribution in [0.4, 0.5) is 0 Å². The summed E-state index contributed by atoms with van der Waals surface area (Å²) in [6, 6.07) is 15.6. The molecule has 28 heavy (non-hydrogen) atoms. The van der Waals surface area contributed by atoms with Gasteiger partial charge in [-0.3, -0.25) is 4.90 Å². The lowest BCUT2D eigenvalue weighted by Gasteiger charge is -2.32. The summed E-state index contributed by atoms with van der Waals surface area (Å²) in [5, 5.41) is 1.60. The molecule has 1 aromatic heterocycles. The molecule has 3 aromatic rings. The maximum Gasteiger partial charge on any atom is 0.336 e. The number of halogens is 1. The highest BCUT2D eigenvalue weighted by Crippen LogP contribution is 2.27. The summed E-state index contributed by atoms with van der Waals surface area (Å²) in [5.74, 6) is 0. The summed E-state index contributed by atoms with van der Waals surface area (Å²) in [6.07, 6.45) is 2.27. The Labute approximate surface area is 169 Å². The van der Waals surface area contributed by atoms with Crippen LogP contribution in [0.3, 0.4) is 0 Å². The van der Waals surface area contributed by atoms with E-state index < -0.39 is 0 Å². The second-order valence-electron chi connectivity index (χ2n) is 7.46. The molecule has 1 aliphatic heterocycles. The van der Waals surface area contributed by atoms with Crippen LogP contribution < -0.4 is 5.63 Å². The van der Waals surface area contributed by atoms with Crippen molar-refractivity contribution >= 4 is 22.6 Å². The molecule has 0 N–H and O–H groups in total. The van der Waals surface area contributed by atoms with Crippen LogP contribution in [0.2, 0.25) is 5.02 Å². The molecule has 2 heterocycles. The lowest BCUT2D eigenvalue weighted by Crippen LogP contribution is -2.36. The summed E-state index contributed by atoms with van der Waals surface area (Å²) in [4.78, 5) is 14.3. The summed E-state index contributed by atoms with van der Waals surface area (Å²) in [5.41, 5.74) is 3.37. The smallest absolute Gasteiger partial charge is 0.336 e. The van der Waals surface area contributed by atoms with E-state index in [1.54, 1.807) is 6.07 Å². The molecule has 0 bridgehead atoms. The van der Waals surface area contributed by atoms with Gasteiger partial charge in [-0.05, 0) is 48.6 Å². The third kappa shape index (κ3) is 4.46. The number of hydrogen-bond acceptors (Lipinski definition) is 4. The number of benzene rings is 2. The Morgan fingerprint density at radius 1 is 1.14 bits per heavy atom. The summed E-state index contributed by atoms with van der Waals surface area (Å²) in [6.45, 7) is 5.18. The van der Waals surface area contributed by atoms with Crippen LogP contribution in [-0.4, -0.2) is 24.1 Å². The highest BCUT2D eigenvalue weighted by atomic mass is 35.5. The second kappa shape index (κ2) is 8.48. The van der Waals surface area contributed by atoms with Crippen molar-refractivity contribution in [3.05, 3.63) is 80.7 Å². The van der Waals surface area contributed by atoms with Crippen LogP contribution in [0, 0.1) is 6.92 Å². The topological polar surface area (TPSA) is 42.7 Å². The quantitative estimate of drug-likeness (QED) is 0.572. The average molecular weight is 398 g/mol. The molecule has 0 amide bonds. The molecule has 1 saturated heterocycles. The van der Waals surface area contributed by atoms with Gasteiger partial charge < -0.3 is 9.15 Å². The van der Waals surface area contributed by atoms with Crippen LogP contribution in [0.25, 0.3) is 11.0 Å². The molecule has 1 aliphatic rings. The van der Waals surface area contributed by atoms with Gasteiger partial charge in [0, 0.05) is 36.1 Å². The SMILES string of the molecule is Cc1cc2oc(=O)cc(CN3CCC(OCc4ccccc4)CC3)c2cc1Cl. The molecule has 0 radical (unpaired) electrons. The zero-order valence-electron chi connectivity index (χ0n) is 16.0. The van der Waals surface area contributed by atoms with Crippen molar-refractivity contribution in [3.8, 4) is 0 Å². The van der Waals surface area contributed by atoms with E-state index in [9.17, 15) is 4.79 Å². The number of likely N-dealkylation sites (tertiary alicyclic amines) is 1. The van der Waals surface area contributed by atoms with Gasteiger partial charge in [-0.25, -0.2) is 4.79 Å². The molecule has 4 nitrogen and oxygen atoms in total. The molecule has 0 spiro atoms. The van der Waals surface area contributed by atoms with Gasteiger partial charge in [-0.15, -0.1) is 0 Å². The van der Waals surface area contributed by atoms with Gasteiger partial charge in [0.2, 0.25) is 0 Å². The van der Waals surface area contributed by atoms with Gasteiger partial charge in [0.15, 0.2) is 0 Å². The Hall–Kier alpha value is -2.14. The first kappa shape index (κ1) is 19.2. The molecule has 1 fully saturated rings. The van der Waals surface area contributed by atoms with Crippen molar-refractivity contribution < 1.29 is 9.15 Å². The number of fused-ring (bicyclic) bond motifs is 1. The van der Waals surface area contributed by atoms with Crippen LogP contribution in [0.1, 0.15) is 29.5 Å². The average Bonchev–Trinajstić information content (AvgIpc) is 2.70. The first-order valence-corrected chi connectivity index (χ1v) is 10.1. The van der Waals surface area contributed by atoms with Gasteiger partial charge in [-0.2, -0.15) is 0 Å². The lowest BCUT2D eigenvalue weighted by molar-refractivity contribution is -0.00389. The summed E-state index contributed by atoms with van der Waals surface area (Å²) < 4.78 is 11.4. The van der Waals surface area contributed by atoms with Crippen LogP contribution in [0.5, 0.6) is 0 Å². The standard InChI is InChI=1S/C23H24ClNO3/c1-16-11-22-20(13-21(16)24)18(12-23(26)28-22)14-25-9-7-19(8-10-25)27-15-17-5-3-2-4-6-17/h2-6,11-13,19H,7-10,14-15H2,1H3. The van der Waals surface area contributed by atoms with Crippen molar-refractivity contribution in [2.75, 3.05) is 13.1 Å². The fourth-order valence-corrected chi connectivity index (χ4v) is 3.91. The van der Waals surface area contributed by atoms with Gasteiger partial charge in [0.1, 0.15) is 5.58 Å². The molecule has 0 atom stereocenters. The van der Waals surface area contributed by atoms with Crippen molar-refractivity contribution in [1.82, 2.24) is 4.90 Å². The predicted molar refractivity (Wildman–Crippen MR) is 112 cm³/mol. The molecule has 0 unspecified atom stereocenters. The Bertz CT molecular complexity index is 1010. The number of ether oxygens (including phenoxy) is 1. The zero-order chi connectivity index (χ0) is 19.5. The molecule has 5 heteroatoms. The minimum atomic E-state index is -0.315. The second-order valence-corrected chi connectivity index (χ2v) is 7.87. The van der Waals surface area contributed by atoms with Crippen LogP contribution in [0.15, 0.2) is 57.7 Å². The molecule has 4 rings (SSSR count). The van der Waals surface area contributed by atoms with E-state index in [1.807, 2.05) is 37.3 Å². The number of rotatable bonds is 5. The monoisotopic (exact) mass is 397 g/mol.